The number of nitrogens with zero attached hydrogens (tertiary/aromatic N) is 1. The van der Waals surface area contributed by atoms with Gasteiger partial charge in [0.25, 0.3) is 5.91 Å². The number of thiophene rings is 1. The molecule has 8 heteroatoms. The van der Waals surface area contributed by atoms with E-state index in [9.17, 15) is 14.4 Å². The number of aliphatic hydroxyl groups is 1. The van der Waals surface area contributed by atoms with Gasteiger partial charge >= 0.3 is 0 Å². The Balaban J connectivity index is 2.86. The maximum atomic E-state index is 12.2. The lowest BCUT2D eigenvalue weighted by Crippen LogP contribution is -2.43. The van der Waals surface area contributed by atoms with Crippen LogP contribution in [0.1, 0.15) is 21.0 Å². The third-order valence-corrected chi connectivity index (χ3v) is 3.23. The van der Waals surface area contributed by atoms with Gasteiger partial charge in [0.2, 0.25) is 11.8 Å². The van der Waals surface area contributed by atoms with E-state index in [4.69, 9.17) is 16.6 Å². The molecule has 5 N–H and O–H groups in total. The van der Waals surface area contributed by atoms with Crippen LogP contribution in [0.4, 0.5) is 0 Å². The molecule has 0 aliphatic heterocycles. The SMILES string of the molecule is NC(=O)CN(CC(N)=O)C(=O)c1ccc(C#CCCO)s1. The highest BCUT2D eigenvalue weighted by atomic mass is 32.1. The van der Waals surface area contributed by atoms with Crippen molar-refractivity contribution in [1.82, 2.24) is 4.90 Å². The molecule has 21 heavy (non-hydrogen) atoms. The molecule has 1 heterocycles. The van der Waals surface area contributed by atoms with Crippen LogP contribution in [0.3, 0.4) is 0 Å². The predicted octanol–water partition coefficient (Wildman–Crippen LogP) is -1.11. The van der Waals surface area contributed by atoms with Crippen molar-refractivity contribution in [3.8, 4) is 11.8 Å². The minimum absolute atomic E-state index is 0.0326. The highest BCUT2D eigenvalue weighted by Crippen LogP contribution is 2.17. The smallest absolute Gasteiger partial charge is 0.264 e. The normalized spacial score (nSPS) is 9.57. The number of amides is 3. The first-order valence-electron chi connectivity index (χ1n) is 5.99. The first-order chi connectivity index (χ1) is 9.93. The van der Waals surface area contributed by atoms with Crippen molar-refractivity contribution in [2.75, 3.05) is 19.7 Å². The molecular weight excluding hydrogens is 294 g/mol. The topological polar surface area (TPSA) is 127 Å². The minimum Gasteiger partial charge on any atom is -0.395 e. The molecule has 0 unspecified atom stereocenters. The molecule has 3 amide bonds. The van der Waals surface area contributed by atoms with E-state index in [-0.39, 0.29) is 19.7 Å². The fraction of sp³-hybridized carbons (Fsp3) is 0.308. The lowest BCUT2D eigenvalue weighted by atomic mass is 10.3. The summed E-state index contributed by atoms with van der Waals surface area (Å²) in [7, 11) is 0. The molecule has 0 fully saturated rings. The van der Waals surface area contributed by atoms with Crippen LogP contribution in [0.15, 0.2) is 12.1 Å². The van der Waals surface area contributed by atoms with E-state index in [1.54, 1.807) is 12.1 Å². The number of primary amides is 2. The lowest BCUT2D eigenvalue weighted by Gasteiger charge is -2.18. The van der Waals surface area contributed by atoms with Crippen LogP contribution in [0.5, 0.6) is 0 Å². The van der Waals surface area contributed by atoms with E-state index in [1.165, 1.54) is 0 Å². The highest BCUT2D eigenvalue weighted by Gasteiger charge is 2.20. The van der Waals surface area contributed by atoms with Crippen molar-refractivity contribution >= 4 is 29.1 Å². The molecular formula is C13H15N3O4S. The van der Waals surface area contributed by atoms with Crippen LogP contribution in [-0.4, -0.2) is 47.4 Å². The summed E-state index contributed by atoms with van der Waals surface area (Å²) in [6.45, 7) is -0.800. The van der Waals surface area contributed by atoms with Crippen LogP contribution in [0.2, 0.25) is 0 Å². The second kappa shape index (κ2) is 8.04. The Morgan fingerprint density at radius 3 is 2.33 bits per heavy atom. The Bertz CT molecular complexity index is 584. The van der Waals surface area contributed by atoms with E-state index >= 15 is 0 Å². The Morgan fingerprint density at radius 1 is 1.19 bits per heavy atom. The molecule has 0 aromatic carbocycles. The second-order valence-corrected chi connectivity index (χ2v) is 5.12. The summed E-state index contributed by atoms with van der Waals surface area (Å²) in [6.07, 6.45) is 0.344. The zero-order chi connectivity index (χ0) is 15.8. The Labute approximate surface area is 125 Å². The summed E-state index contributed by atoms with van der Waals surface area (Å²) in [5, 5.41) is 8.63. The largest absolute Gasteiger partial charge is 0.395 e. The zero-order valence-electron chi connectivity index (χ0n) is 11.2. The van der Waals surface area contributed by atoms with Crippen molar-refractivity contribution in [1.29, 1.82) is 0 Å². The summed E-state index contributed by atoms with van der Waals surface area (Å²) in [6, 6.07) is 3.19. The minimum atomic E-state index is -0.732. The molecule has 0 atom stereocenters. The van der Waals surface area contributed by atoms with Gasteiger partial charge in [0.15, 0.2) is 0 Å². The van der Waals surface area contributed by atoms with Crippen LogP contribution in [-0.2, 0) is 9.59 Å². The van der Waals surface area contributed by atoms with Crippen molar-refractivity contribution < 1.29 is 19.5 Å². The molecule has 7 nitrogen and oxygen atoms in total. The standard InChI is InChI=1S/C13H15N3O4S/c14-11(18)7-16(8-12(15)19)13(20)10-5-4-9(21-10)3-1-2-6-17/h4-5,17H,2,6-8H2,(H2,14,18)(H2,15,19). The van der Waals surface area contributed by atoms with E-state index in [1.807, 2.05) is 0 Å². The third kappa shape index (κ3) is 5.64. The van der Waals surface area contributed by atoms with Gasteiger partial charge in [0.1, 0.15) is 13.1 Å². The van der Waals surface area contributed by atoms with Crippen molar-refractivity contribution in [3.05, 3.63) is 21.9 Å². The number of hydrogen-bond donors (Lipinski definition) is 3. The van der Waals surface area contributed by atoms with Crippen LogP contribution < -0.4 is 11.5 Å². The fourth-order valence-corrected chi connectivity index (χ4v) is 2.31. The van der Waals surface area contributed by atoms with Gasteiger partial charge in [0.05, 0.1) is 16.4 Å². The van der Waals surface area contributed by atoms with E-state index in [0.29, 0.717) is 16.2 Å². The van der Waals surface area contributed by atoms with Gasteiger partial charge in [-0.15, -0.1) is 11.3 Å². The van der Waals surface area contributed by atoms with E-state index in [2.05, 4.69) is 11.8 Å². The first kappa shape index (κ1) is 16.7. The van der Waals surface area contributed by atoms with Crippen molar-refractivity contribution in [2.24, 2.45) is 11.5 Å². The van der Waals surface area contributed by atoms with E-state index in [0.717, 1.165) is 16.2 Å². The summed E-state index contributed by atoms with van der Waals surface area (Å²) in [5.74, 6) is 3.56. The quantitative estimate of drug-likeness (QED) is 0.576. The highest BCUT2D eigenvalue weighted by molar-refractivity contribution is 7.14. The third-order valence-electron chi connectivity index (χ3n) is 2.25. The number of rotatable bonds is 6. The molecule has 0 bridgehead atoms. The predicted molar refractivity (Wildman–Crippen MR) is 77.2 cm³/mol. The summed E-state index contributed by atoms with van der Waals surface area (Å²) >= 11 is 1.12. The van der Waals surface area contributed by atoms with Crippen molar-refractivity contribution in [2.45, 2.75) is 6.42 Å². The number of carbonyl (C=O) groups excluding carboxylic acids is 3. The molecule has 0 radical (unpaired) electrons. The summed E-state index contributed by atoms with van der Waals surface area (Å²) in [4.78, 5) is 36.0. The molecule has 112 valence electrons. The Hall–Kier alpha value is -2.37. The monoisotopic (exact) mass is 309 g/mol. The van der Waals surface area contributed by atoms with Crippen LogP contribution in [0.25, 0.3) is 0 Å². The summed E-state index contributed by atoms with van der Waals surface area (Å²) < 4.78 is 0. The van der Waals surface area contributed by atoms with Crippen molar-refractivity contribution in [3.63, 3.8) is 0 Å². The molecule has 1 aromatic heterocycles. The maximum Gasteiger partial charge on any atom is 0.264 e. The number of aliphatic hydroxyl groups excluding tert-OH is 1. The Morgan fingerprint density at radius 2 is 1.81 bits per heavy atom. The fourth-order valence-electron chi connectivity index (χ4n) is 1.46. The molecule has 0 saturated heterocycles. The molecule has 0 saturated carbocycles. The maximum absolute atomic E-state index is 12.2. The molecule has 0 spiro atoms. The van der Waals surface area contributed by atoms with Gasteiger partial charge in [0, 0.05) is 6.42 Å². The van der Waals surface area contributed by atoms with Gasteiger partial charge in [-0.1, -0.05) is 11.8 Å². The summed E-state index contributed by atoms with van der Waals surface area (Å²) in [5.41, 5.74) is 10.1. The number of hydrogen-bond acceptors (Lipinski definition) is 5. The molecule has 0 aliphatic carbocycles. The second-order valence-electron chi connectivity index (χ2n) is 4.03. The Kier molecular flexibility index (Phi) is 6.39. The number of carbonyl (C=O) groups is 3. The van der Waals surface area contributed by atoms with Crippen LogP contribution in [0, 0.1) is 11.8 Å². The lowest BCUT2D eigenvalue weighted by molar-refractivity contribution is -0.121. The van der Waals surface area contributed by atoms with E-state index < -0.39 is 17.7 Å². The molecule has 1 aromatic rings. The van der Waals surface area contributed by atoms with Gasteiger partial charge in [-0.25, -0.2) is 0 Å². The van der Waals surface area contributed by atoms with Crippen LogP contribution >= 0.6 is 11.3 Å². The average molecular weight is 309 g/mol. The number of nitrogens with two attached hydrogens (primary N) is 2. The van der Waals surface area contributed by atoms with Gasteiger partial charge in [-0.2, -0.15) is 0 Å². The average Bonchev–Trinajstić information content (AvgIpc) is 2.85. The zero-order valence-corrected chi connectivity index (χ0v) is 12.0. The van der Waals surface area contributed by atoms with Gasteiger partial charge in [-0.3, -0.25) is 14.4 Å². The molecule has 1 rings (SSSR count). The molecule has 0 aliphatic rings. The van der Waals surface area contributed by atoms with Gasteiger partial charge < -0.3 is 21.5 Å². The first-order valence-corrected chi connectivity index (χ1v) is 6.81. The van der Waals surface area contributed by atoms with Gasteiger partial charge in [-0.05, 0) is 12.1 Å².